The Morgan fingerprint density at radius 3 is 2.25 bits per heavy atom. The number of alkyl halides is 3. The van der Waals surface area contributed by atoms with Crippen LogP contribution in [0.5, 0.6) is 0 Å². The minimum absolute atomic E-state index is 0.119. The van der Waals surface area contributed by atoms with Crippen LogP contribution in [0.3, 0.4) is 0 Å². The zero-order valence-electron chi connectivity index (χ0n) is 9.72. The fourth-order valence-corrected chi connectivity index (χ4v) is 1.39. The zero-order valence-corrected chi connectivity index (χ0v) is 9.72. The van der Waals surface area contributed by atoms with Crippen LogP contribution >= 0.6 is 0 Å². The predicted octanol–water partition coefficient (Wildman–Crippen LogP) is 3.29. The maximum atomic E-state index is 12.3. The molecule has 0 spiro atoms. The second kappa shape index (κ2) is 8.82. The standard InChI is InChI=1S/C11H21F3O2/c1-2-3-4-5-6-9-16-10(7-8-15)11(12,13)14/h10,15H,2-9H2,1H3. The van der Waals surface area contributed by atoms with E-state index in [1.54, 1.807) is 0 Å². The molecule has 0 aliphatic rings. The van der Waals surface area contributed by atoms with Crippen LogP contribution in [0.15, 0.2) is 0 Å². The fourth-order valence-electron chi connectivity index (χ4n) is 1.39. The molecule has 16 heavy (non-hydrogen) atoms. The molecule has 0 aliphatic heterocycles. The van der Waals surface area contributed by atoms with E-state index >= 15 is 0 Å². The van der Waals surface area contributed by atoms with Gasteiger partial charge in [0.1, 0.15) is 0 Å². The lowest BCUT2D eigenvalue weighted by Gasteiger charge is -2.19. The van der Waals surface area contributed by atoms with Gasteiger partial charge >= 0.3 is 6.18 Å². The summed E-state index contributed by atoms with van der Waals surface area (Å²) in [6.45, 7) is 1.70. The molecule has 5 heteroatoms. The van der Waals surface area contributed by atoms with Crippen molar-refractivity contribution in [2.24, 2.45) is 0 Å². The van der Waals surface area contributed by atoms with Crippen molar-refractivity contribution in [3.05, 3.63) is 0 Å². The van der Waals surface area contributed by atoms with Gasteiger partial charge in [-0.05, 0) is 6.42 Å². The van der Waals surface area contributed by atoms with Gasteiger partial charge in [0.2, 0.25) is 0 Å². The Bertz CT molecular complexity index is 160. The van der Waals surface area contributed by atoms with E-state index in [1.165, 1.54) is 0 Å². The molecule has 0 saturated carbocycles. The number of hydrogen-bond acceptors (Lipinski definition) is 2. The largest absolute Gasteiger partial charge is 0.414 e. The summed E-state index contributed by atoms with van der Waals surface area (Å²) >= 11 is 0. The molecule has 0 rings (SSSR count). The molecule has 0 saturated heterocycles. The minimum Gasteiger partial charge on any atom is -0.396 e. The third-order valence-electron chi connectivity index (χ3n) is 2.32. The molecule has 0 amide bonds. The summed E-state index contributed by atoms with van der Waals surface area (Å²) < 4.78 is 41.6. The maximum absolute atomic E-state index is 12.3. The molecule has 2 nitrogen and oxygen atoms in total. The normalized spacial score (nSPS) is 14.1. The predicted molar refractivity (Wildman–Crippen MR) is 56.3 cm³/mol. The van der Waals surface area contributed by atoms with Crippen molar-refractivity contribution in [3.63, 3.8) is 0 Å². The molecule has 0 bridgehead atoms. The third kappa shape index (κ3) is 7.93. The number of hydrogen-bond donors (Lipinski definition) is 1. The minimum atomic E-state index is -4.37. The van der Waals surface area contributed by atoms with E-state index in [9.17, 15) is 13.2 Å². The quantitative estimate of drug-likeness (QED) is 0.629. The van der Waals surface area contributed by atoms with Crippen molar-refractivity contribution in [2.45, 2.75) is 57.7 Å². The highest BCUT2D eigenvalue weighted by Crippen LogP contribution is 2.25. The highest BCUT2D eigenvalue weighted by molar-refractivity contribution is 4.67. The molecule has 0 aromatic heterocycles. The van der Waals surface area contributed by atoms with Gasteiger partial charge in [0.15, 0.2) is 6.10 Å². The summed E-state index contributed by atoms with van der Waals surface area (Å²) in [5, 5.41) is 8.49. The monoisotopic (exact) mass is 242 g/mol. The summed E-state index contributed by atoms with van der Waals surface area (Å²) in [5.74, 6) is 0. The van der Waals surface area contributed by atoms with Crippen molar-refractivity contribution in [1.29, 1.82) is 0 Å². The first-order valence-electron chi connectivity index (χ1n) is 5.81. The van der Waals surface area contributed by atoms with Crippen LogP contribution < -0.4 is 0 Å². The molecule has 98 valence electrons. The summed E-state index contributed by atoms with van der Waals surface area (Å²) in [5.41, 5.74) is 0. The number of rotatable bonds is 9. The van der Waals surface area contributed by atoms with Crippen molar-refractivity contribution in [1.82, 2.24) is 0 Å². The molecule has 0 radical (unpaired) electrons. The highest BCUT2D eigenvalue weighted by atomic mass is 19.4. The van der Waals surface area contributed by atoms with E-state index in [1.807, 2.05) is 0 Å². The van der Waals surface area contributed by atoms with Gasteiger partial charge in [-0.2, -0.15) is 13.2 Å². The topological polar surface area (TPSA) is 29.5 Å². The van der Waals surface area contributed by atoms with E-state index in [-0.39, 0.29) is 13.0 Å². The van der Waals surface area contributed by atoms with Gasteiger partial charge in [0.05, 0.1) is 0 Å². The SMILES string of the molecule is CCCCCCCOC(CCO)C(F)(F)F. The van der Waals surface area contributed by atoms with Crippen LogP contribution in [-0.2, 0) is 4.74 Å². The Morgan fingerprint density at radius 1 is 1.12 bits per heavy atom. The van der Waals surface area contributed by atoms with Crippen molar-refractivity contribution in [2.75, 3.05) is 13.2 Å². The Morgan fingerprint density at radius 2 is 1.75 bits per heavy atom. The second-order valence-corrected chi connectivity index (χ2v) is 3.83. The smallest absolute Gasteiger partial charge is 0.396 e. The first kappa shape index (κ1) is 15.7. The summed E-state index contributed by atoms with van der Waals surface area (Å²) in [6, 6.07) is 0. The number of halogens is 3. The molecule has 0 aromatic carbocycles. The molecular weight excluding hydrogens is 221 g/mol. The van der Waals surface area contributed by atoms with Crippen molar-refractivity contribution in [3.8, 4) is 0 Å². The fraction of sp³-hybridized carbons (Fsp3) is 1.00. The summed E-state index contributed by atoms with van der Waals surface area (Å²) in [6.07, 6.45) is -1.75. The summed E-state index contributed by atoms with van der Waals surface area (Å²) in [7, 11) is 0. The van der Waals surface area contributed by atoms with E-state index in [0.717, 1.165) is 25.7 Å². The van der Waals surface area contributed by atoms with E-state index in [4.69, 9.17) is 9.84 Å². The third-order valence-corrected chi connectivity index (χ3v) is 2.32. The number of aliphatic hydroxyl groups is 1. The Balaban J connectivity index is 3.61. The lowest BCUT2D eigenvalue weighted by atomic mass is 10.2. The molecule has 1 atom stereocenters. The molecule has 0 fully saturated rings. The second-order valence-electron chi connectivity index (χ2n) is 3.83. The molecule has 0 heterocycles. The molecule has 1 unspecified atom stereocenters. The van der Waals surface area contributed by atoms with E-state index in [0.29, 0.717) is 6.42 Å². The molecule has 1 N–H and O–H groups in total. The average Bonchev–Trinajstić information content (AvgIpc) is 2.20. The van der Waals surface area contributed by atoms with Crippen molar-refractivity contribution >= 4 is 0 Å². The van der Waals surface area contributed by atoms with Gasteiger partial charge in [0.25, 0.3) is 0 Å². The van der Waals surface area contributed by atoms with Gasteiger partial charge < -0.3 is 9.84 Å². The van der Waals surface area contributed by atoms with Gasteiger partial charge in [-0.25, -0.2) is 0 Å². The maximum Gasteiger partial charge on any atom is 0.414 e. The van der Waals surface area contributed by atoms with Crippen LogP contribution in [0.25, 0.3) is 0 Å². The molecule has 0 aliphatic carbocycles. The van der Waals surface area contributed by atoms with E-state index < -0.39 is 18.9 Å². The lowest BCUT2D eigenvalue weighted by Crippen LogP contribution is -2.32. The van der Waals surface area contributed by atoms with Crippen LogP contribution in [0.4, 0.5) is 13.2 Å². The molecule has 0 aromatic rings. The van der Waals surface area contributed by atoms with Crippen LogP contribution in [0.2, 0.25) is 0 Å². The number of aliphatic hydroxyl groups excluding tert-OH is 1. The number of ether oxygens (including phenoxy) is 1. The lowest BCUT2D eigenvalue weighted by molar-refractivity contribution is -0.224. The Hall–Kier alpha value is -0.290. The van der Waals surface area contributed by atoms with Crippen LogP contribution in [0.1, 0.15) is 45.4 Å². The van der Waals surface area contributed by atoms with Gasteiger partial charge in [-0.1, -0.05) is 32.6 Å². The Kier molecular flexibility index (Phi) is 8.66. The highest BCUT2D eigenvalue weighted by Gasteiger charge is 2.39. The van der Waals surface area contributed by atoms with Gasteiger partial charge in [-0.15, -0.1) is 0 Å². The van der Waals surface area contributed by atoms with Gasteiger partial charge in [0, 0.05) is 19.6 Å². The average molecular weight is 242 g/mol. The summed E-state index contributed by atoms with van der Waals surface area (Å²) in [4.78, 5) is 0. The van der Waals surface area contributed by atoms with E-state index in [2.05, 4.69) is 6.92 Å². The first-order chi connectivity index (χ1) is 7.52. The van der Waals surface area contributed by atoms with Gasteiger partial charge in [-0.3, -0.25) is 0 Å². The first-order valence-corrected chi connectivity index (χ1v) is 5.81. The zero-order chi connectivity index (χ0) is 12.4. The molecular formula is C11H21F3O2. The van der Waals surface area contributed by atoms with Crippen molar-refractivity contribution < 1.29 is 23.0 Å². The van der Waals surface area contributed by atoms with Crippen LogP contribution in [0, 0.1) is 0 Å². The number of unbranched alkanes of at least 4 members (excludes halogenated alkanes) is 4. The van der Waals surface area contributed by atoms with Crippen LogP contribution in [-0.4, -0.2) is 30.6 Å². The Labute approximate surface area is 94.8 Å².